The number of carbonyl (C=O) groups excluding carboxylic acids is 1. The molecule has 1 unspecified atom stereocenters. The zero-order valence-electron chi connectivity index (χ0n) is 9.58. The molecule has 0 radical (unpaired) electrons. The van der Waals surface area contributed by atoms with Gasteiger partial charge in [0.15, 0.2) is 0 Å². The normalized spacial score (nSPS) is 21.7. The van der Waals surface area contributed by atoms with Crippen LogP contribution in [0.3, 0.4) is 0 Å². The maximum Gasteiger partial charge on any atom is 0.223 e. The predicted molar refractivity (Wildman–Crippen MR) is 59.5 cm³/mol. The summed E-state index contributed by atoms with van der Waals surface area (Å²) in [6.45, 7) is 4.95. The number of hydrogen-bond donors (Lipinski definition) is 1. The van der Waals surface area contributed by atoms with E-state index in [-0.39, 0.29) is 12.0 Å². The molecule has 0 aromatic rings. The van der Waals surface area contributed by atoms with Crippen molar-refractivity contribution < 1.29 is 9.53 Å². The molecule has 2 N–H and O–H groups in total. The predicted octanol–water partition coefficient (Wildman–Crippen LogP) is 0.753. The molecular formula is C11H22N2O2. The van der Waals surface area contributed by atoms with Crippen molar-refractivity contribution in [3.05, 3.63) is 0 Å². The van der Waals surface area contributed by atoms with Crippen molar-refractivity contribution in [3.8, 4) is 0 Å². The average Bonchev–Trinajstić information content (AvgIpc) is 2.27. The summed E-state index contributed by atoms with van der Waals surface area (Å²) >= 11 is 0. The topological polar surface area (TPSA) is 55.6 Å². The molecule has 1 rings (SSSR count). The van der Waals surface area contributed by atoms with Gasteiger partial charge in [-0.2, -0.15) is 0 Å². The fourth-order valence-electron chi connectivity index (χ4n) is 1.87. The molecular weight excluding hydrogens is 192 g/mol. The number of nitrogens with two attached hydrogens (primary N) is 1. The van der Waals surface area contributed by atoms with Crippen LogP contribution in [0.25, 0.3) is 0 Å². The van der Waals surface area contributed by atoms with E-state index < -0.39 is 0 Å². The molecule has 0 aromatic heterocycles. The standard InChI is InChI=1S/C11H22N2O2/c1-2-8-15-10-4-3-7-13(9-10)11(14)5-6-12/h10H,2-9,12H2,1H3. The lowest BCUT2D eigenvalue weighted by Crippen LogP contribution is -2.43. The number of ether oxygens (including phenoxy) is 1. The van der Waals surface area contributed by atoms with Crippen molar-refractivity contribution in [1.29, 1.82) is 0 Å². The van der Waals surface area contributed by atoms with Gasteiger partial charge in [0.25, 0.3) is 0 Å². The summed E-state index contributed by atoms with van der Waals surface area (Å²) in [7, 11) is 0. The van der Waals surface area contributed by atoms with Crippen molar-refractivity contribution in [3.63, 3.8) is 0 Å². The Balaban J connectivity index is 2.31. The number of amides is 1. The molecule has 0 saturated carbocycles. The lowest BCUT2D eigenvalue weighted by molar-refractivity contribution is -0.135. The molecule has 15 heavy (non-hydrogen) atoms. The minimum Gasteiger partial charge on any atom is -0.376 e. The van der Waals surface area contributed by atoms with E-state index in [1.165, 1.54) is 0 Å². The monoisotopic (exact) mass is 214 g/mol. The minimum absolute atomic E-state index is 0.169. The van der Waals surface area contributed by atoms with Gasteiger partial charge in [0.2, 0.25) is 5.91 Å². The number of carbonyl (C=O) groups is 1. The summed E-state index contributed by atoms with van der Waals surface area (Å²) in [4.78, 5) is 13.5. The first kappa shape index (κ1) is 12.5. The van der Waals surface area contributed by atoms with E-state index in [0.717, 1.165) is 39.0 Å². The smallest absolute Gasteiger partial charge is 0.223 e. The summed E-state index contributed by atoms with van der Waals surface area (Å²) < 4.78 is 5.67. The molecule has 1 atom stereocenters. The average molecular weight is 214 g/mol. The van der Waals surface area contributed by atoms with Crippen LogP contribution in [-0.4, -0.2) is 43.2 Å². The molecule has 4 nitrogen and oxygen atoms in total. The summed E-state index contributed by atoms with van der Waals surface area (Å²) in [5, 5.41) is 0. The number of likely N-dealkylation sites (tertiary alicyclic amines) is 1. The Labute approximate surface area is 91.8 Å². The summed E-state index contributed by atoms with van der Waals surface area (Å²) in [5.74, 6) is 0.169. The molecule has 4 heteroatoms. The molecule has 1 aliphatic rings. The highest BCUT2D eigenvalue weighted by Gasteiger charge is 2.23. The molecule has 0 aliphatic carbocycles. The van der Waals surface area contributed by atoms with E-state index in [1.807, 2.05) is 4.90 Å². The third-order valence-corrected chi connectivity index (χ3v) is 2.65. The van der Waals surface area contributed by atoms with Gasteiger partial charge in [0.05, 0.1) is 6.10 Å². The minimum atomic E-state index is 0.169. The van der Waals surface area contributed by atoms with Gasteiger partial charge in [-0.3, -0.25) is 4.79 Å². The maximum atomic E-state index is 11.6. The highest BCUT2D eigenvalue weighted by Crippen LogP contribution is 2.14. The van der Waals surface area contributed by atoms with Gasteiger partial charge in [-0.1, -0.05) is 6.92 Å². The second kappa shape index (κ2) is 6.80. The molecule has 0 bridgehead atoms. The molecule has 1 amide bonds. The number of hydrogen-bond acceptors (Lipinski definition) is 3. The van der Waals surface area contributed by atoms with Crippen molar-refractivity contribution in [2.45, 2.75) is 38.7 Å². The molecule has 1 fully saturated rings. The quantitative estimate of drug-likeness (QED) is 0.735. The Morgan fingerprint density at radius 3 is 3.07 bits per heavy atom. The summed E-state index contributed by atoms with van der Waals surface area (Å²) in [5.41, 5.74) is 5.37. The highest BCUT2D eigenvalue weighted by atomic mass is 16.5. The molecule has 1 heterocycles. The van der Waals surface area contributed by atoms with Crippen LogP contribution in [0, 0.1) is 0 Å². The Hall–Kier alpha value is -0.610. The third-order valence-electron chi connectivity index (χ3n) is 2.65. The van der Waals surface area contributed by atoms with Crippen LogP contribution in [-0.2, 0) is 9.53 Å². The zero-order chi connectivity index (χ0) is 11.1. The second-order valence-corrected chi connectivity index (χ2v) is 4.01. The molecule has 88 valence electrons. The van der Waals surface area contributed by atoms with Crippen LogP contribution >= 0.6 is 0 Å². The van der Waals surface area contributed by atoms with Crippen LogP contribution in [0.1, 0.15) is 32.6 Å². The lowest BCUT2D eigenvalue weighted by Gasteiger charge is -2.32. The van der Waals surface area contributed by atoms with Crippen LogP contribution in [0.5, 0.6) is 0 Å². The Morgan fingerprint density at radius 2 is 2.40 bits per heavy atom. The fourth-order valence-corrected chi connectivity index (χ4v) is 1.87. The van der Waals surface area contributed by atoms with Crippen LogP contribution in [0.15, 0.2) is 0 Å². The first-order chi connectivity index (χ1) is 7.27. The van der Waals surface area contributed by atoms with Crippen LogP contribution in [0.2, 0.25) is 0 Å². The molecule has 1 aliphatic heterocycles. The molecule has 0 aromatic carbocycles. The van der Waals surface area contributed by atoms with Crippen molar-refractivity contribution >= 4 is 5.91 Å². The fraction of sp³-hybridized carbons (Fsp3) is 0.909. The molecule has 0 spiro atoms. The van der Waals surface area contributed by atoms with Gasteiger partial charge in [-0.15, -0.1) is 0 Å². The Kier molecular flexibility index (Phi) is 5.65. The van der Waals surface area contributed by atoms with Gasteiger partial charge < -0.3 is 15.4 Å². The van der Waals surface area contributed by atoms with Crippen molar-refractivity contribution in [1.82, 2.24) is 4.90 Å². The van der Waals surface area contributed by atoms with Gasteiger partial charge in [-0.25, -0.2) is 0 Å². The number of nitrogens with zero attached hydrogens (tertiary/aromatic N) is 1. The van der Waals surface area contributed by atoms with Gasteiger partial charge >= 0.3 is 0 Å². The van der Waals surface area contributed by atoms with E-state index in [0.29, 0.717) is 13.0 Å². The Bertz CT molecular complexity index is 197. The van der Waals surface area contributed by atoms with E-state index in [1.54, 1.807) is 0 Å². The lowest BCUT2D eigenvalue weighted by atomic mass is 10.1. The highest BCUT2D eigenvalue weighted by molar-refractivity contribution is 5.76. The van der Waals surface area contributed by atoms with Gasteiger partial charge in [-0.05, 0) is 19.3 Å². The first-order valence-electron chi connectivity index (χ1n) is 5.87. The number of piperidine rings is 1. The second-order valence-electron chi connectivity index (χ2n) is 4.01. The van der Waals surface area contributed by atoms with Crippen molar-refractivity contribution in [2.24, 2.45) is 5.73 Å². The van der Waals surface area contributed by atoms with Gasteiger partial charge in [0.1, 0.15) is 0 Å². The first-order valence-corrected chi connectivity index (χ1v) is 5.87. The Morgan fingerprint density at radius 1 is 1.60 bits per heavy atom. The summed E-state index contributed by atoms with van der Waals surface area (Å²) in [6, 6.07) is 0. The van der Waals surface area contributed by atoms with Crippen LogP contribution < -0.4 is 5.73 Å². The van der Waals surface area contributed by atoms with E-state index in [9.17, 15) is 4.79 Å². The van der Waals surface area contributed by atoms with E-state index >= 15 is 0 Å². The SMILES string of the molecule is CCCOC1CCCN(C(=O)CCN)C1. The molecule has 1 saturated heterocycles. The van der Waals surface area contributed by atoms with Crippen molar-refractivity contribution in [2.75, 3.05) is 26.2 Å². The number of rotatable bonds is 5. The van der Waals surface area contributed by atoms with E-state index in [2.05, 4.69) is 6.92 Å². The maximum absolute atomic E-state index is 11.6. The van der Waals surface area contributed by atoms with E-state index in [4.69, 9.17) is 10.5 Å². The summed E-state index contributed by atoms with van der Waals surface area (Å²) in [6.07, 6.45) is 3.85. The zero-order valence-corrected chi connectivity index (χ0v) is 9.58. The van der Waals surface area contributed by atoms with Crippen LogP contribution in [0.4, 0.5) is 0 Å². The third kappa shape index (κ3) is 4.18. The largest absolute Gasteiger partial charge is 0.376 e. The van der Waals surface area contributed by atoms with Gasteiger partial charge in [0, 0.05) is 32.7 Å².